The average molecular weight is 555 g/mol. The van der Waals surface area contributed by atoms with Crippen molar-refractivity contribution in [3.8, 4) is 5.75 Å². The highest BCUT2D eigenvalue weighted by Gasteiger charge is 2.63. The number of benzene rings is 2. The van der Waals surface area contributed by atoms with E-state index in [-0.39, 0.29) is 47.1 Å². The summed E-state index contributed by atoms with van der Waals surface area (Å²) < 4.78 is 34.3. The van der Waals surface area contributed by atoms with Crippen LogP contribution >= 0.6 is 23.2 Å². The quantitative estimate of drug-likeness (QED) is 0.560. The van der Waals surface area contributed by atoms with E-state index in [0.717, 1.165) is 4.90 Å². The number of nitrogens with zero attached hydrogens (tertiary/aromatic N) is 2. The standard InChI is InChI=1S/C24H28Cl2N4O5S/c1-14(2)29-13-24(36(33,34)21-11-17(26)8-9-20(21)35-3)28-12-18(27)22(31)30(24)19(23(29)32)10-15-4-6-16(25)7-5-15/h4-9,11,14,18-19,28H,10,12-13,27H2,1-3H3. The van der Waals surface area contributed by atoms with Crippen LogP contribution in [-0.4, -0.2) is 73.4 Å². The van der Waals surface area contributed by atoms with Gasteiger partial charge in [0.2, 0.25) is 26.6 Å². The lowest BCUT2D eigenvalue weighted by Gasteiger charge is -2.56. The van der Waals surface area contributed by atoms with Gasteiger partial charge < -0.3 is 15.4 Å². The Morgan fingerprint density at radius 2 is 1.75 bits per heavy atom. The summed E-state index contributed by atoms with van der Waals surface area (Å²) in [6.07, 6.45) is 0.0727. The van der Waals surface area contributed by atoms with Gasteiger partial charge in [-0.05, 0) is 49.7 Å². The largest absolute Gasteiger partial charge is 0.495 e. The number of hydrogen-bond acceptors (Lipinski definition) is 7. The number of rotatable bonds is 6. The third kappa shape index (κ3) is 4.35. The second-order valence-corrected chi connectivity index (χ2v) is 12.2. The zero-order chi connectivity index (χ0) is 26.4. The number of halogens is 2. The highest BCUT2D eigenvalue weighted by molar-refractivity contribution is 7.93. The first kappa shape index (κ1) is 26.7. The Morgan fingerprint density at radius 1 is 1.11 bits per heavy atom. The second-order valence-electron chi connectivity index (χ2n) is 9.18. The molecule has 3 unspecified atom stereocenters. The van der Waals surface area contributed by atoms with Crippen LogP contribution in [0.2, 0.25) is 10.0 Å². The maximum absolute atomic E-state index is 14.5. The molecule has 2 amide bonds. The van der Waals surface area contributed by atoms with E-state index in [1.54, 1.807) is 38.1 Å². The summed E-state index contributed by atoms with van der Waals surface area (Å²) in [7, 11) is -3.06. The number of nitrogens with two attached hydrogens (primary N) is 1. The molecule has 3 atom stereocenters. The Balaban J connectivity index is 1.94. The van der Waals surface area contributed by atoms with Crippen molar-refractivity contribution in [2.24, 2.45) is 5.73 Å². The van der Waals surface area contributed by atoms with E-state index >= 15 is 0 Å². The van der Waals surface area contributed by atoms with E-state index in [1.807, 2.05) is 0 Å². The molecule has 2 aromatic rings. The highest BCUT2D eigenvalue weighted by Crippen LogP contribution is 2.41. The van der Waals surface area contributed by atoms with Gasteiger partial charge in [-0.3, -0.25) is 19.8 Å². The number of fused-ring (bicyclic) bond motifs is 1. The summed E-state index contributed by atoms with van der Waals surface area (Å²) in [5.74, 6) is -0.929. The fraction of sp³-hybridized carbons (Fsp3) is 0.417. The minimum absolute atomic E-state index is 0.0695. The van der Waals surface area contributed by atoms with Crippen molar-refractivity contribution < 1.29 is 22.7 Å². The van der Waals surface area contributed by atoms with Crippen molar-refractivity contribution in [2.75, 3.05) is 20.2 Å². The molecule has 2 aliphatic rings. The predicted molar refractivity (Wildman–Crippen MR) is 137 cm³/mol. The fourth-order valence-corrected chi connectivity index (χ4v) is 7.24. The van der Waals surface area contributed by atoms with Crippen LogP contribution in [0.1, 0.15) is 19.4 Å². The minimum atomic E-state index is -4.41. The van der Waals surface area contributed by atoms with Crippen LogP contribution in [0.5, 0.6) is 5.75 Å². The second kappa shape index (κ2) is 9.83. The predicted octanol–water partition coefficient (Wildman–Crippen LogP) is 2.05. The van der Waals surface area contributed by atoms with Gasteiger partial charge in [0.15, 0.2) is 0 Å². The summed E-state index contributed by atoms with van der Waals surface area (Å²) in [5.41, 5.74) is 6.80. The van der Waals surface area contributed by atoms with Gasteiger partial charge in [-0.1, -0.05) is 35.3 Å². The molecule has 3 N–H and O–H groups in total. The SMILES string of the molecule is COc1ccc(Cl)cc1S(=O)(=O)C12CN(C(C)C)C(=O)C(Cc3ccc(Cl)cc3)N1C(=O)C(N)CN2. The average Bonchev–Trinajstić information content (AvgIpc) is 2.84. The molecule has 0 aromatic heterocycles. The van der Waals surface area contributed by atoms with Gasteiger partial charge >= 0.3 is 0 Å². The summed E-state index contributed by atoms with van der Waals surface area (Å²) in [5, 5.41) is 3.73. The van der Waals surface area contributed by atoms with E-state index in [0.29, 0.717) is 10.6 Å². The first-order chi connectivity index (χ1) is 16.9. The molecule has 2 aromatic carbocycles. The summed E-state index contributed by atoms with van der Waals surface area (Å²) in [4.78, 5) is 27.7. The van der Waals surface area contributed by atoms with E-state index in [4.69, 9.17) is 33.7 Å². The van der Waals surface area contributed by atoms with E-state index in [1.165, 1.54) is 30.2 Å². The van der Waals surface area contributed by atoms with Crippen LogP contribution < -0.4 is 15.8 Å². The molecule has 2 saturated heterocycles. The third-order valence-electron chi connectivity index (χ3n) is 6.63. The Morgan fingerprint density at radius 3 is 2.36 bits per heavy atom. The molecule has 0 aliphatic carbocycles. The number of amides is 2. The smallest absolute Gasteiger partial charge is 0.246 e. The van der Waals surface area contributed by atoms with Crippen LogP contribution in [-0.2, 0) is 25.8 Å². The maximum Gasteiger partial charge on any atom is 0.246 e. The van der Waals surface area contributed by atoms with E-state index in [9.17, 15) is 18.0 Å². The minimum Gasteiger partial charge on any atom is -0.495 e. The number of hydrogen-bond donors (Lipinski definition) is 2. The van der Waals surface area contributed by atoms with E-state index in [2.05, 4.69) is 5.32 Å². The molecule has 2 aliphatic heterocycles. The monoisotopic (exact) mass is 554 g/mol. The number of piperazine rings is 1. The lowest BCUT2D eigenvalue weighted by molar-refractivity contribution is -0.166. The fourth-order valence-electron chi connectivity index (χ4n) is 4.76. The summed E-state index contributed by atoms with van der Waals surface area (Å²) in [6.45, 7) is 3.20. The number of carbonyl (C=O) groups excluding carboxylic acids is 2. The zero-order valence-electron chi connectivity index (χ0n) is 20.1. The molecule has 0 bridgehead atoms. The van der Waals surface area contributed by atoms with Crippen LogP contribution in [0.15, 0.2) is 47.4 Å². The maximum atomic E-state index is 14.5. The van der Waals surface area contributed by atoms with Crippen molar-refractivity contribution in [1.29, 1.82) is 0 Å². The normalized spacial score (nSPS) is 24.8. The Labute approximate surface area is 220 Å². The van der Waals surface area contributed by atoms with Gasteiger partial charge in [0.25, 0.3) is 0 Å². The molecule has 2 heterocycles. The number of ether oxygens (including phenoxy) is 1. The topological polar surface area (TPSA) is 122 Å². The summed E-state index contributed by atoms with van der Waals surface area (Å²) >= 11 is 12.2. The number of methoxy groups -OCH3 is 1. The molecular weight excluding hydrogens is 527 g/mol. The van der Waals surface area contributed by atoms with Crippen LogP contribution in [0.4, 0.5) is 0 Å². The van der Waals surface area contributed by atoms with Crippen LogP contribution in [0.25, 0.3) is 0 Å². The first-order valence-electron chi connectivity index (χ1n) is 11.4. The molecule has 194 valence electrons. The highest BCUT2D eigenvalue weighted by atomic mass is 35.5. The summed E-state index contributed by atoms with van der Waals surface area (Å²) in [6, 6.07) is 8.57. The van der Waals surface area contributed by atoms with Crippen molar-refractivity contribution >= 4 is 44.9 Å². The first-order valence-corrected chi connectivity index (χ1v) is 13.6. The Kier molecular flexibility index (Phi) is 7.29. The van der Waals surface area contributed by atoms with Crippen molar-refractivity contribution in [3.63, 3.8) is 0 Å². The Hall–Kier alpha value is -2.37. The zero-order valence-corrected chi connectivity index (χ0v) is 22.4. The molecule has 36 heavy (non-hydrogen) atoms. The van der Waals surface area contributed by atoms with Gasteiger partial charge in [0.05, 0.1) is 19.7 Å². The van der Waals surface area contributed by atoms with Gasteiger partial charge in [0, 0.05) is 29.1 Å². The molecule has 12 heteroatoms. The lowest BCUT2D eigenvalue weighted by Crippen LogP contribution is -2.83. The van der Waals surface area contributed by atoms with Gasteiger partial charge in [-0.15, -0.1) is 0 Å². The molecule has 0 saturated carbocycles. The molecule has 0 radical (unpaired) electrons. The van der Waals surface area contributed by atoms with Gasteiger partial charge in [0.1, 0.15) is 16.7 Å². The lowest BCUT2D eigenvalue weighted by atomic mass is 9.96. The molecular formula is C24H28Cl2N4O5S. The van der Waals surface area contributed by atoms with Gasteiger partial charge in [-0.25, -0.2) is 8.42 Å². The number of carbonyl (C=O) groups is 2. The Bertz CT molecular complexity index is 1290. The third-order valence-corrected chi connectivity index (χ3v) is 9.38. The molecule has 0 spiro atoms. The number of sulfone groups is 1. The molecule has 9 nitrogen and oxygen atoms in total. The van der Waals surface area contributed by atoms with Crippen molar-refractivity contribution in [1.82, 2.24) is 15.1 Å². The molecule has 2 fully saturated rings. The van der Waals surface area contributed by atoms with Crippen molar-refractivity contribution in [2.45, 2.75) is 48.3 Å². The van der Waals surface area contributed by atoms with Gasteiger partial charge in [-0.2, -0.15) is 0 Å². The molecule has 4 rings (SSSR count). The van der Waals surface area contributed by atoms with Crippen molar-refractivity contribution in [3.05, 3.63) is 58.1 Å². The number of nitrogens with one attached hydrogen (secondary N) is 1. The van der Waals surface area contributed by atoms with Crippen LogP contribution in [0.3, 0.4) is 0 Å². The van der Waals surface area contributed by atoms with Crippen LogP contribution in [0, 0.1) is 0 Å². The van der Waals surface area contributed by atoms with E-state index < -0.39 is 32.8 Å².